The van der Waals surface area contributed by atoms with E-state index in [1.54, 1.807) is 23.1 Å². The van der Waals surface area contributed by atoms with Gasteiger partial charge in [-0.05, 0) is 24.6 Å². The molecule has 0 amide bonds. The van der Waals surface area contributed by atoms with Crippen molar-refractivity contribution in [1.82, 2.24) is 20.3 Å². The van der Waals surface area contributed by atoms with Crippen molar-refractivity contribution < 1.29 is 13.2 Å². The molecular weight excluding hydrogens is 269 g/mol. The summed E-state index contributed by atoms with van der Waals surface area (Å²) in [7, 11) is 0. The van der Waals surface area contributed by atoms with Crippen molar-refractivity contribution in [3.63, 3.8) is 0 Å². The van der Waals surface area contributed by atoms with Crippen molar-refractivity contribution in [2.75, 3.05) is 6.54 Å². The van der Waals surface area contributed by atoms with Gasteiger partial charge in [-0.3, -0.25) is 4.68 Å². The van der Waals surface area contributed by atoms with Crippen LogP contribution in [0.3, 0.4) is 0 Å². The van der Waals surface area contributed by atoms with Crippen LogP contribution in [0, 0.1) is 0 Å². The fourth-order valence-electron chi connectivity index (χ4n) is 1.85. The molecule has 1 N–H and O–H groups in total. The Kier molecular flexibility index (Phi) is 4.39. The number of benzene rings is 1. The van der Waals surface area contributed by atoms with Crippen molar-refractivity contribution in [2.24, 2.45) is 0 Å². The van der Waals surface area contributed by atoms with Crippen LogP contribution in [-0.2, 0) is 12.7 Å². The molecule has 108 valence electrons. The first-order valence-electron chi connectivity index (χ1n) is 6.21. The molecule has 1 aromatic carbocycles. The van der Waals surface area contributed by atoms with Crippen molar-refractivity contribution in [3.05, 3.63) is 47.8 Å². The van der Waals surface area contributed by atoms with Gasteiger partial charge >= 0.3 is 6.18 Å². The minimum absolute atomic E-state index is 0.166. The molecule has 2 aromatic rings. The summed E-state index contributed by atoms with van der Waals surface area (Å²) in [6, 6.07) is 5.19. The van der Waals surface area contributed by atoms with Gasteiger partial charge in [-0.2, -0.15) is 13.2 Å². The Morgan fingerprint density at radius 3 is 2.80 bits per heavy atom. The molecule has 1 heterocycles. The van der Waals surface area contributed by atoms with Gasteiger partial charge < -0.3 is 5.32 Å². The van der Waals surface area contributed by atoms with Crippen LogP contribution >= 0.6 is 0 Å². The Bertz CT molecular complexity index is 537. The summed E-state index contributed by atoms with van der Waals surface area (Å²) >= 11 is 0. The van der Waals surface area contributed by atoms with Gasteiger partial charge in [0.1, 0.15) is 0 Å². The van der Waals surface area contributed by atoms with Crippen LogP contribution in [0.4, 0.5) is 13.2 Å². The predicted molar refractivity (Wildman–Crippen MR) is 67.9 cm³/mol. The van der Waals surface area contributed by atoms with E-state index in [2.05, 4.69) is 15.6 Å². The quantitative estimate of drug-likeness (QED) is 0.918. The lowest BCUT2D eigenvalue weighted by Gasteiger charge is -2.16. The monoisotopic (exact) mass is 284 g/mol. The molecule has 2 rings (SSSR count). The van der Waals surface area contributed by atoms with E-state index in [-0.39, 0.29) is 6.04 Å². The summed E-state index contributed by atoms with van der Waals surface area (Å²) in [6.07, 6.45) is -0.997. The Balaban J connectivity index is 1.93. The molecule has 0 aliphatic rings. The second-order valence-electron chi connectivity index (χ2n) is 4.47. The fraction of sp³-hybridized carbons (Fsp3) is 0.385. The molecule has 0 spiro atoms. The Hall–Kier alpha value is -1.89. The topological polar surface area (TPSA) is 42.7 Å². The summed E-state index contributed by atoms with van der Waals surface area (Å²) in [6.45, 7) is 3.04. The molecule has 0 saturated carbocycles. The van der Waals surface area contributed by atoms with Crippen molar-refractivity contribution in [2.45, 2.75) is 25.7 Å². The molecule has 0 aliphatic heterocycles. The predicted octanol–water partition coefficient (Wildman–Crippen LogP) is 2.65. The molecular formula is C13H15F3N4. The first-order valence-corrected chi connectivity index (χ1v) is 6.21. The Morgan fingerprint density at radius 1 is 1.35 bits per heavy atom. The van der Waals surface area contributed by atoms with Crippen LogP contribution < -0.4 is 5.32 Å². The maximum atomic E-state index is 12.6. The number of halogens is 3. The highest BCUT2D eigenvalue weighted by Crippen LogP contribution is 2.30. The van der Waals surface area contributed by atoms with Gasteiger partial charge in [-0.1, -0.05) is 17.3 Å². The minimum Gasteiger partial charge on any atom is -0.308 e. The highest BCUT2D eigenvalue weighted by molar-refractivity contribution is 5.27. The molecule has 0 radical (unpaired) electrons. The second-order valence-corrected chi connectivity index (χ2v) is 4.47. The van der Waals surface area contributed by atoms with E-state index in [4.69, 9.17) is 0 Å². The zero-order chi connectivity index (χ0) is 14.6. The molecule has 1 atom stereocenters. The maximum Gasteiger partial charge on any atom is 0.416 e. The highest BCUT2D eigenvalue weighted by Gasteiger charge is 2.30. The van der Waals surface area contributed by atoms with Gasteiger partial charge in [0.05, 0.1) is 18.3 Å². The number of aromatic nitrogens is 3. The standard InChI is InChI=1S/C13H15F3N4/c1-10(17-5-7-20-8-6-18-19-20)11-3-2-4-12(9-11)13(14,15)16/h2-4,6,8-10,17H,5,7H2,1H3. The number of hydrogen-bond donors (Lipinski definition) is 1. The molecule has 4 nitrogen and oxygen atoms in total. The van der Waals surface area contributed by atoms with E-state index in [0.29, 0.717) is 18.7 Å². The number of rotatable bonds is 5. The van der Waals surface area contributed by atoms with E-state index >= 15 is 0 Å². The van der Waals surface area contributed by atoms with Gasteiger partial charge in [0.2, 0.25) is 0 Å². The van der Waals surface area contributed by atoms with E-state index in [0.717, 1.165) is 6.07 Å². The lowest BCUT2D eigenvalue weighted by Crippen LogP contribution is -2.24. The number of nitrogens with zero attached hydrogens (tertiary/aromatic N) is 3. The first-order chi connectivity index (χ1) is 9.47. The minimum atomic E-state index is -4.31. The zero-order valence-electron chi connectivity index (χ0n) is 10.9. The third kappa shape index (κ3) is 3.80. The normalized spacial score (nSPS) is 13.4. The van der Waals surface area contributed by atoms with Crippen LogP contribution in [0.2, 0.25) is 0 Å². The lowest BCUT2D eigenvalue weighted by atomic mass is 10.0. The smallest absolute Gasteiger partial charge is 0.308 e. The lowest BCUT2D eigenvalue weighted by molar-refractivity contribution is -0.137. The van der Waals surface area contributed by atoms with Gasteiger partial charge in [-0.15, -0.1) is 5.10 Å². The summed E-state index contributed by atoms with van der Waals surface area (Å²) in [5, 5.41) is 10.6. The molecule has 0 saturated heterocycles. The first kappa shape index (κ1) is 14.5. The van der Waals surface area contributed by atoms with Crippen molar-refractivity contribution in [3.8, 4) is 0 Å². The van der Waals surface area contributed by atoms with Crippen LogP contribution in [-0.4, -0.2) is 21.5 Å². The molecule has 1 aromatic heterocycles. The number of nitrogens with one attached hydrogen (secondary N) is 1. The molecule has 0 bridgehead atoms. The summed E-state index contributed by atoms with van der Waals surface area (Å²) in [4.78, 5) is 0. The molecule has 0 aliphatic carbocycles. The van der Waals surface area contributed by atoms with Gasteiger partial charge in [0.15, 0.2) is 0 Å². The molecule has 20 heavy (non-hydrogen) atoms. The summed E-state index contributed by atoms with van der Waals surface area (Å²) < 4.78 is 39.5. The largest absolute Gasteiger partial charge is 0.416 e. The number of alkyl halides is 3. The van der Waals surface area contributed by atoms with Crippen LogP contribution in [0.5, 0.6) is 0 Å². The highest BCUT2D eigenvalue weighted by atomic mass is 19.4. The SMILES string of the molecule is CC(NCCn1ccnn1)c1cccc(C(F)(F)F)c1. The fourth-order valence-corrected chi connectivity index (χ4v) is 1.85. The third-order valence-electron chi connectivity index (χ3n) is 2.98. The second kappa shape index (κ2) is 6.04. The molecule has 0 fully saturated rings. The average Bonchev–Trinajstić information content (AvgIpc) is 2.91. The van der Waals surface area contributed by atoms with Crippen molar-refractivity contribution in [1.29, 1.82) is 0 Å². The van der Waals surface area contributed by atoms with E-state index in [1.165, 1.54) is 12.1 Å². The van der Waals surface area contributed by atoms with Crippen LogP contribution in [0.1, 0.15) is 24.1 Å². The van der Waals surface area contributed by atoms with Crippen molar-refractivity contribution >= 4 is 0 Å². The van der Waals surface area contributed by atoms with Crippen LogP contribution in [0.15, 0.2) is 36.7 Å². The van der Waals surface area contributed by atoms with Crippen LogP contribution in [0.25, 0.3) is 0 Å². The number of hydrogen-bond acceptors (Lipinski definition) is 3. The van der Waals surface area contributed by atoms with Gasteiger partial charge in [0, 0.05) is 18.8 Å². The van der Waals surface area contributed by atoms with E-state index in [1.807, 2.05) is 6.92 Å². The van der Waals surface area contributed by atoms with E-state index < -0.39 is 11.7 Å². The summed E-state index contributed by atoms with van der Waals surface area (Å²) in [5.41, 5.74) is -0.0154. The average molecular weight is 284 g/mol. The third-order valence-corrected chi connectivity index (χ3v) is 2.98. The summed E-state index contributed by atoms with van der Waals surface area (Å²) in [5.74, 6) is 0. The maximum absolute atomic E-state index is 12.6. The van der Waals surface area contributed by atoms with E-state index in [9.17, 15) is 13.2 Å². The van der Waals surface area contributed by atoms with Gasteiger partial charge in [-0.25, -0.2) is 0 Å². The zero-order valence-corrected chi connectivity index (χ0v) is 10.9. The molecule has 7 heteroatoms. The molecule has 1 unspecified atom stereocenters. The Morgan fingerprint density at radius 2 is 2.15 bits per heavy atom. The Labute approximate surface area is 114 Å². The van der Waals surface area contributed by atoms with Gasteiger partial charge in [0.25, 0.3) is 0 Å².